The fourth-order valence-corrected chi connectivity index (χ4v) is 1.02. The van der Waals surface area contributed by atoms with Gasteiger partial charge in [-0.25, -0.2) is 0 Å². The standard InChI is InChI=1S/C7H15BrO2/c1-3-10-7(9-2)5-4-6-8/h7H,3-6H2,1-2H3. The van der Waals surface area contributed by atoms with Gasteiger partial charge < -0.3 is 9.47 Å². The number of hydrogen-bond donors (Lipinski definition) is 0. The van der Waals surface area contributed by atoms with Crippen molar-refractivity contribution in [1.29, 1.82) is 0 Å². The van der Waals surface area contributed by atoms with Gasteiger partial charge in [-0.15, -0.1) is 0 Å². The Morgan fingerprint density at radius 3 is 2.60 bits per heavy atom. The summed E-state index contributed by atoms with van der Waals surface area (Å²) in [6.45, 7) is 2.70. The lowest BCUT2D eigenvalue weighted by molar-refractivity contribution is -0.123. The highest BCUT2D eigenvalue weighted by Gasteiger charge is 2.03. The molecule has 0 bridgehead atoms. The van der Waals surface area contributed by atoms with Gasteiger partial charge in [-0.3, -0.25) is 0 Å². The maximum Gasteiger partial charge on any atom is 0.157 e. The summed E-state index contributed by atoms with van der Waals surface area (Å²) in [6.07, 6.45) is 2.05. The predicted octanol–water partition coefficient (Wildman–Crippen LogP) is 2.17. The van der Waals surface area contributed by atoms with Crippen LogP contribution in [-0.4, -0.2) is 25.3 Å². The number of rotatable bonds is 6. The van der Waals surface area contributed by atoms with Crippen LogP contribution in [0.5, 0.6) is 0 Å². The third-order valence-corrected chi connectivity index (χ3v) is 1.75. The van der Waals surface area contributed by atoms with Crippen LogP contribution in [0.25, 0.3) is 0 Å². The fourth-order valence-electron chi connectivity index (χ4n) is 0.699. The first-order valence-corrected chi connectivity index (χ1v) is 4.67. The second kappa shape index (κ2) is 7.51. The van der Waals surface area contributed by atoms with Crippen LogP contribution >= 0.6 is 15.9 Å². The normalized spacial score (nSPS) is 13.5. The third kappa shape index (κ3) is 5.21. The Labute approximate surface area is 71.0 Å². The lowest BCUT2D eigenvalue weighted by Crippen LogP contribution is -2.14. The molecule has 0 aromatic rings. The molecule has 3 heteroatoms. The van der Waals surface area contributed by atoms with Crippen LogP contribution in [0.4, 0.5) is 0 Å². The Bertz CT molecular complexity index is 68.6. The van der Waals surface area contributed by atoms with E-state index in [0.29, 0.717) is 0 Å². The molecule has 0 N–H and O–H groups in total. The van der Waals surface area contributed by atoms with Gasteiger partial charge in [0.15, 0.2) is 6.29 Å². The molecule has 0 radical (unpaired) electrons. The van der Waals surface area contributed by atoms with Crippen molar-refractivity contribution in [2.24, 2.45) is 0 Å². The highest BCUT2D eigenvalue weighted by molar-refractivity contribution is 9.09. The van der Waals surface area contributed by atoms with Crippen molar-refractivity contribution in [1.82, 2.24) is 0 Å². The maximum absolute atomic E-state index is 5.25. The summed E-state index contributed by atoms with van der Waals surface area (Å²) in [7, 11) is 1.68. The second-order valence-corrected chi connectivity index (χ2v) is 2.74. The minimum absolute atomic E-state index is 0.0115. The van der Waals surface area contributed by atoms with Gasteiger partial charge in [-0.2, -0.15) is 0 Å². The van der Waals surface area contributed by atoms with E-state index in [-0.39, 0.29) is 6.29 Å². The molecule has 2 nitrogen and oxygen atoms in total. The molecule has 0 amide bonds. The molecule has 10 heavy (non-hydrogen) atoms. The van der Waals surface area contributed by atoms with Crippen LogP contribution < -0.4 is 0 Å². The summed E-state index contributed by atoms with van der Waals surface area (Å²) in [6, 6.07) is 0. The van der Waals surface area contributed by atoms with E-state index in [1.165, 1.54) is 0 Å². The highest BCUT2D eigenvalue weighted by atomic mass is 79.9. The van der Waals surface area contributed by atoms with Gasteiger partial charge in [-0.05, 0) is 19.8 Å². The van der Waals surface area contributed by atoms with Gasteiger partial charge in [0.05, 0.1) is 0 Å². The van der Waals surface area contributed by atoms with E-state index < -0.39 is 0 Å². The summed E-state index contributed by atoms with van der Waals surface area (Å²) in [5.74, 6) is 0. The minimum atomic E-state index is -0.0115. The van der Waals surface area contributed by atoms with Gasteiger partial charge in [0.1, 0.15) is 0 Å². The van der Waals surface area contributed by atoms with E-state index in [1.54, 1.807) is 7.11 Å². The minimum Gasteiger partial charge on any atom is -0.356 e. The van der Waals surface area contributed by atoms with E-state index in [9.17, 15) is 0 Å². The van der Waals surface area contributed by atoms with Crippen molar-refractivity contribution < 1.29 is 9.47 Å². The average molecular weight is 211 g/mol. The largest absolute Gasteiger partial charge is 0.356 e. The Hall–Kier alpha value is 0.400. The zero-order valence-electron chi connectivity index (χ0n) is 6.60. The summed E-state index contributed by atoms with van der Waals surface area (Å²) in [4.78, 5) is 0. The van der Waals surface area contributed by atoms with Crippen LogP contribution in [-0.2, 0) is 9.47 Å². The number of hydrogen-bond acceptors (Lipinski definition) is 2. The molecule has 0 aromatic carbocycles. The Morgan fingerprint density at radius 1 is 1.50 bits per heavy atom. The molecular weight excluding hydrogens is 196 g/mol. The Kier molecular flexibility index (Phi) is 7.81. The molecule has 62 valence electrons. The molecule has 0 aliphatic heterocycles. The van der Waals surface area contributed by atoms with Gasteiger partial charge >= 0.3 is 0 Å². The van der Waals surface area contributed by atoms with E-state index in [0.717, 1.165) is 24.8 Å². The summed E-state index contributed by atoms with van der Waals surface area (Å²) in [5.41, 5.74) is 0. The molecule has 0 fully saturated rings. The summed E-state index contributed by atoms with van der Waals surface area (Å²) in [5, 5.41) is 1.01. The number of methoxy groups -OCH3 is 1. The van der Waals surface area contributed by atoms with Crippen molar-refractivity contribution >= 4 is 15.9 Å². The molecule has 0 aromatic heterocycles. The monoisotopic (exact) mass is 210 g/mol. The van der Waals surface area contributed by atoms with Crippen LogP contribution in [0, 0.1) is 0 Å². The molecule has 0 heterocycles. The first kappa shape index (κ1) is 10.4. The number of ether oxygens (including phenoxy) is 2. The Morgan fingerprint density at radius 2 is 2.20 bits per heavy atom. The fraction of sp³-hybridized carbons (Fsp3) is 1.00. The SMILES string of the molecule is CCOC(CCCBr)OC. The molecule has 0 saturated heterocycles. The van der Waals surface area contributed by atoms with Gasteiger partial charge in [0.2, 0.25) is 0 Å². The molecule has 1 unspecified atom stereocenters. The van der Waals surface area contributed by atoms with E-state index >= 15 is 0 Å². The molecular formula is C7H15BrO2. The van der Waals surface area contributed by atoms with Crippen LogP contribution in [0.1, 0.15) is 19.8 Å². The quantitative estimate of drug-likeness (QED) is 0.495. The van der Waals surface area contributed by atoms with E-state index in [4.69, 9.17) is 9.47 Å². The van der Waals surface area contributed by atoms with Gasteiger partial charge in [-0.1, -0.05) is 15.9 Å². The van der Waals surface area contributed by atoms with Crippen LogP contribution in [0.2, 0.25) is 0 Å². The molecule has 1 atom stereocenters. The topological polar surface area (TPSA) is 18.5 Å². The smallest absolute Gasteiger partial charge is 0.157 e. The molecule has 0 rings (SSSR count). The van der Waals surface area contributed by atoms with Crippen molar-refractivity contribution in [3.8, 4) is 0 Å². The van der Waals surface area contributed by atoms with E-state index in [2.05, 4.69) is 15.9 Å². The van der Waals surface area contributed by atoms with Gasteiger partial charge in [0.25, 0.3) is 0 Å². The van der Waals surface area contributed by atoms with Crippen molar-refractivity contribution in [2.75, 3.05) is 19.0 Å². The Balaban J connectivity index is 3.21. The summed E-state index contributed by atoms with van der Waals surface area (Å²) >= 11 is 3.35. The zero-order valence-corrected chi connectivity index (χ0v) is 8.19. The molecule has 0 aliphatic carbocycles. The number of alkyl halides is 1. The first-order chi connectivity index (χ1) is 4.85. The maximum atomic E-state index is 5.25. The second-order valence-electron chi connectivity index (χ2n) is 1.95. The zero-order chi connectivity index (χ0) is 7.82. The number of halogens is 1. The van der Waals surface area contributed by atoms with Crippen LogP contribution in [0.15, 0.2) is 0 Å². The molecule has 0 saturated carbocycles. The highest BCUT2D eigenvalue weighted by Crippen LogP contribution is 2.04. The van der Waals surface area contributed by atoms with Crippen molar-refractivity contribution in [3.05, 3.63) is 0 Å². The average Bonchev–Trinajstić information content (AvgIpc) is 1.98. The lowest BCUT2D eigenvalue weighted by Gasteiger charge is -2.13. The van der Waals surface area contributed by atoms with Gasteiger partial charge in [0, 0.05) is 19.0 Å². The third-order valence-electron chi connectivity index (χ3n) is 1.19. The van der Waals surface area contributed by atoms with Crippen LogP contribution in [0.3, 0.4) is 0 Å². The summed E-state index contributed by atoms with van der Waals surface area (Å²) < 4.78 is 10.3. The van der Waals surface area contributed by atoms with Crippen molar-refractivity contribution in [2.45, 2.75) is 26.1 Å². The lowest BCUT2D eigenvalue weighted by atomic mass is 10.3. The molecule has 0 aliphatic rings. The predicted molar refractivity (Wildman–Crippen MR) is 45.5 cm³/mol. The van der Waals surface area contributed by atoms with E-state index in [1.807, 2.05) is 6.92 Å². The van der Waals surface area contributed by atoms with Crippen molar-refractivity contribution in [3.63, 3.8) is 0 Å². The molecule has 0 spiro atoms. The first-order valence-electron chi connectivity index (χ1n) is 3.55.